The number of carbonyl (C=O) groups is 2. The maximum absolute atomic E-state index is 12.6. The second kappa shape index (κ2) is 12.4. The maximum Gasteiger partial charge on any atom is 0.255 e. The summed E-state index contributed by atoms with van der Waals surface area (Å²) in [6.07, 6.45) is 0. The molecule has 7 nitrogen and oxygen atoms in total. The fourth-order valence-electron chi connectivity index (χ4n) is 4.11. The van der Waals surface area contributed by atoms with E-state index in [0.29, 0.717) is 16.4 Å². The molecule has 6 aromatic rings. The summed E-state index contributed by atoms with van der Waals surface area (Å²) in [7, 11) is 0. The van der Waals surface area contributed by atoms with Gasteiger partial charge in [0.25, 0.3) is 5.91 Å². The first-order valence-corrected chi connectivity index (χ1v) is 16.2. The molecule has 2 N–H and O–H groups in total. The molecule has 0 saturated heterocycles. The predicted octanol–water partition coefficient (Wildman–Crippen LogP) is 7.88. The van der Waals surface area contributed by atoms with E-state index in [-0.39, 0.29) is 17.6 Å². The molecule has 4 aromatic carbocycles. The van der Waals surface area contributed by atoms with Crippen LogP contribution in [0.5, 0.6) is 0 Å². The zero-order chi connectivity index (χ0) is 28.2. The van der Waals surface area contributed by atoms with Crippen LogP contribution in [-0.4, -0.2) is 32.7 Å². The van der Waals surface area contributed by atoms with Crippen LogP contribution in [0.25, 0.3) is 21.0 Å². The van der Waals surface area contributed by atoms with Gasteiger partial charge in [-0.15, -0.1) is 21.5 Å². The Hall–Kier alpha value is -3.77. The highest BCUT2D eigenvalue weighted by Gasteiger charge is 2.13. The number of nitrogens with one attached hydrogen (secondary N) is 2. The topological polar surface area (TPSA) is 96.9 Å². The third-order valence-electron chi connectivity index (χ3n) is 6.15. The van der Waals surface area contributed by atoms with Gasteiger partial charge in [0.15, 0.2) is 8.68 Å². The fraction of sp³-hybridized carbons (Fsp3) is 0.100. The average molecular weight is 614 g/mol. The maximum atomic E-state index is 12.6. The van der Waals surface area contributed by atoms with Gasteiger partial charge in [0.2, 0.25) is 11.0 Å². The number of rotatable bonds is 9. The number of benzene rings is 4. The lowest BCUT2D eigenvalue weighted by atomic mass is 10.1. The number of nitrogens with zero attached hydrogens (tertiary/aromatic N) is 3. The molecule has 0 radical (unpaired) electrons. The molecule has 2 aromatic heterocycles. The number of thiazole rings is 1. The van der Waals surface area contributed by atoms with Crippen molar-refractivity contribution in [3.63, 3.8) is 0 Å². The molecular formula is C30H23N5O2S4. The smallest absolute Gasteiger partial charge is 0.255 e. The summed E-state index contributed by atoms with van der Waals surface area (Å²) in [6, 6.07) is 27.7. The number of hydrogen-bond acceptors (Lipinski definition) is 9. The number of thioether (sulfide) groups is 2. The van der Waals surface area contributed by atoms with Crippen LogP contribution in [0.4, 0.5) is 10.8 Å². The molecule has 0 fully saturated rings. The van der Waals surface area contributed by atoms with Gasteiger partial charge < -0.3 is 5.32 Å². The van der Waals surface area contributed by atoms with Crippen molar-refractivity contribution in [1.82, 2.24) is 15.2 Å². The molecule has 0 saturated carbocycles. The van der Waals surface area contributed by atoms with E-state index in [1.165, 1.54) is 50.8 Å². The number of anilines is 2. The van der Waals surface area contributed by atoms with E-state index in [1.54, 1.807) is 11.8 Å². The lowest BCUT2D eigenvalue weighted by molar-refractivity contribution is -0.113. The van der Waals surface area contributed by atoms with Crippen molar-refractivity contribution in [3.8, 4) is 0 Å². The molecule has 0 bridgehead atoms. The summed E-state index contributed by atoms with van der Waals surface area (Å²) in [5, 5.41) is 17.1. The van der Waals surface area contributed by atoms with Crippen LogP contribution in [0.3, 0.4) is 0 Å². The van der Waals surface area contributed by atoms with Crippen LogP contribution in [-0.2, 0) is 10.5 Å². The van der Waals surface area contributed by atoms with E-state index in [2.05, 4.69) is 56.1 Å². The van der Waals surface area contributed by atoms with E-state index >= 15 is 0 Å². The van der Waals surface area contributed by atoms with Crippen LogP contribution >= 0.6 is 46.2 Å². The fourth-order valence-corrected chi connectivity index (χ4v) is 7.79. The summed E-state index contributed by atoms with van der Waals surface area (Å²) in [5.74, 6) is 0.651. The zero-order valence-electron chi connectivity index (χ0n) is 21.8. The van der Waals surface area contributed by atoms with Crippen LogP contribution in [0.2, 0.25) is 0 Å². The highest BCUT2D eigenvalue weighted by atomic mass is 32.2. The highest BCUT2D eigenvalue weighted by molar-refractivity contribution is 8.01. The minimum absolute atomic E-state index is 0.160. The van der Waals surface area contributed by atoms with Gasteiger partial charge in [-0.2, -0.15) is 0 Å². The molecule has 2 heterocycles. The Balaban J connectivity index is 1.01. The van der Waals surface area contributed by atoms with Gasteiger partial charge in [0.05, 0.1) is 16.0 Å². The molecular weight excluding hydrogens is 591 g/mol. The summed E-state index contributed by atoms with van der Waals surface area (Å²) in [5.41, 5.74) is 4.47. The number of aromatic nitrogens is 3. The van der Waals surface area contributed by atoms with Gasteiger partial charge in [-0.1, -0.05) is 95.0 Å². The van der Waals surface area contributed by atoms with Crippen molar-refractivity contribution in [3.05, 3.63) is 102 Å². The molecule has 0 aliphatic heterocycles. The Labute approximate surface area is 252 Å². The normalized spacial score (nSPS) is 11.1. The number of fused-ring (bicyclic) bond motifs is 2. The Morgan fingerprint density at radius 3 is 2.54 bits per heavy atom. The van der Waals surface area contributed by atoms with E-state index in [9.17, 15) is 9.59 Å². The van der Waals surface area contributed by atoms with Crippen molar-refractivity contribution in [1.29, 1.82) is 0 Å². The number of carbonyl (C=O) groups excluding carboxylic acids is 2. The second-order valence-electron chi connectivity index (χ2n) is 9.12. The molecule has 0 unspecified atom stereocenters. The summed E-state index contributed by atoms with van der Waals surface area (Å²) in [4.78, 5) is 29.8. The van der Waals surface area contributed by atoms with Gasteiger partial charge in [0, 0.05) is 17.0 Å². The minimum Gasteiger partial charge on any atom is -0.322 e. The van der Waals surface area contributed by atoms with Crippen molar-refractivity contribution in [2.75, 3.05) is 16.4 Å². The monoisotopic (exact) mass is 613 g/mol. The van der Waals surface area contributed by atoms with E-state index < -0.39 is 0 Å². The van der Waals surface area contributed by atoms with Crippen LogP contribution in [0.1, 0.15) is 21.5 Å². The first kappa shape index (κ1) is 27.4. The highest BCUT2D eigenvalue weighted by Crippen LogP contribution is 2.33. The minimum atomic E-state index is -0.165. The first-order valence-electron chi connectivity index (χ1n) is 12.6. The Kier molecular flexibility index (Phi) is 8.28. The van der Waals surface area contributed by atoms with Gasteiger partial charge in [-0.25, -0.2) is 4.98 Å². The van der Waals surface area contributed by atoms with Crippen molar-refractivity contribution in [2.45, 2.75) is 21.4 Å². The SMILES string of the molecule is Cc1ccc(C(=O)Nc2ccc3nc(SCC(=O)Nc4nnc(SCc5cccc6ccccc56)s4)sc3c2)cc1. The lowest BCUT2D eigenvalue weighted by Crippen LogP contribution is -2.13. The number of hydrogen-bond donors (Lipinski definition) is 2. The molecule has 2 amide bonds. The van der Waals surface area contributed by atoms with E-state index in [4.69, 9.17) is 0 Å². The molecule has 0 aliphatic rings. The molecule has 11 heteroatoms. The van der Waals surface area contributed by atoms with Crippen molar-refractivity contribution in [2.24, 2.45) is 0 Å². The Morgan fingerprint density at radius 2 is 1.66 bits per heavy atom. The lowest BCUT2D eigenvalue weighted by Gasteiger charge is -2.05. The van der Waals surface area contributed by atoms with Gasteiger partial charge in [-0.05, 0) is 53.6 Å². The summed E-state index contributed by atoms with van der Waals surface area (Å²) in [6.45, 7) is 1.99. The molecule has 0 atom stereocenters. The molecule has 0 spiro atoms. The van der Waals surface area contributed by atoms with Gasteiger partial charge in [-0.3, -0.25) is 14.9 Å². The molecule has 6 rings (SSSR count). The summed E-state index contributed by atoms with van der Waals surface area (Å²) >= 11 is 5.83. The first-order chi connectivity index (χ1) is 20.0. The molecule has 0 aliphatic carbocycles. The number of amides is 2. The van der Waals surface area contributed by atoms with Crippen molar-refractivity contribution >= 4 is 89.8 Å². The van der Waals surface area contributed by atoms with E-state index in [1.807, 2.05) is 61.5 Å². The predicted molar refractivity (Wildman–Crippen MR) is 172 cm³/mol. The Bertz CT molecular complexity index is 1860. The Morgan fingerprint density at radius 1 is 0.829 bits per heavy atom. The van der Waals surface area contributed by atoms with Crippen molar-refractivity contribution < 1.29 is 9.59 Å². The average Bonchev–Trinajstić information content (AvgIpc) is 3.61. The van der Waals surface area contributed by atoms with Crippen LogP contribution in [0.15, 0.2) is 93.6 Å². The molecule has 41 heavy (non-hydrogen) atoms. The molecule has 204 valence electrons. The zero-order valence-corrected chi connectivity index (χ0v) is 25.1. The third kappa shape index (κ3) is 6.76. The van der Waals surface area contributed by atoms with Gasteiger partial charge in [0.1, 0.15) is 0 Å². The number of aryl methyl sites for hydroxylation is 1. The van der Waals surface area contributed by atoms with E-state index in [0.717, 1.165) is 30.2 Å². The largest absolute Gasteiger partial charge is 0.322 e. The quantitative estimate of drug-likeness (QED) is 0.126. The third-order valence-corrected chi connectivity index (χ3v) is 10.3. The van der Waals surface area contributed by atoms with Crippen LogP contribution < -0.4 is 10.6 Å². The van der Waals surface area contributed by atoms with Gasteiger partial charge >= 0.3 is 0 Å². The standard InChI is InChI=1S/C30H23N5O2S4/c1-18-9-11-20(12-10-18)27(37)31-22-13-14-24-25(15-22)40-29(32-24)39-17-26(36)33-28-34-35-30(41-28)38-16-21-7-4-6-19-5-2-3-8-23(19)21/h2-15H,16-17H2,1H3,(H,31,37)(H,33,34,36). The van der Waals surface area contributed by atoms with Crippen LogP contribution in [0, 0.1) is 6.92 Å². The summed E-state index contributed by atoms with van der Waals surface area (Å²) < 4.78 is 2.52. The second-order valence-corrected chi connectivity index (χ2v) is 13.6.